The molecule has 1 heterocycles. The number of benzene rings is 2. The highest BCUT2D eigenvalue weighted by atomic mass is 16.5. The molecule has 1 aliphatic heterocycles. The molecule has 6 nitrogen and oxygen atoms in total. The van der Waals surface area contributed by atoms with Gasteiger partial charge < -0.3 is 10.1 Å². The molecule has 2 aromatic carbocycles. The first kappa shape index (κ1) is 18.6. The van der Waals surface area contributed by atoms with E-state index in [2.05, 4.69) is 5.32 Å². The number of hydrogen-bond acceptors (Lipinski definition) is 4. The van der Waals surface area contributed by atoms with E-state index >= 15 is 0 Å². The zero-order chi connectivity index (χ0) is 19.8. The summed E-state index contributed by atoms with van der Waals surface area (Å²) in [6, 6.07) is 12.4. The maximum absolute atomic E-state index is 12.9. The van der Waals surface area contributed by atoms with Crippen molar-refractivity contribution in [1.29, 1.82) is 0 Å². The summed E-state index contributed by atoms with van der Waals surface area (Å²) >= 11 is 0. The molecule has 0 bridgehead atoms. The van der Waals surface area contributed by atoms with Crippen molar-refractivity contribution in [3.63, 3.8) is 0 Å². The standard InChI is InChI=1S/C21H22N2O4/c1-13-9-10-15(14(2)11-13)19(25)27-12-18(24)23-17-8-6-5-7-16(17)22-20(26)21(23,3)4/h5-11H,12H2,1-4H3,(H,22,26). The summed E-state index contributed by atoms with van der Waals surface area (Å²) < 4.78 is 5.25. The predicted octanol–water partition coefficient (Wildman–Crippen LogP) is 3.22. The van der Waals surface area contributed by atoms with E-state index in [-0.39, 0.29) is 5.91 Å². The molecule has 0 radical (unpaired) electrons. The lowest BCUT2D eigenvalue weighted by Gasteiger charge is -2.41. The molecule has 0 unspecified atom stereocenters. The minimum atomic E-state index is -1.10. The van der Waals surface area contributed by atoms with Gasteiger partial charge in [-0.25, -0.2) is 4.79 Å². The van der Waals surface area contributed by atoms with Gasteiger partial charge in [0.15, 0.2) is 6.61 Å². The summed E-state index contributed by atoms with van der Waals surface area (Å²) in [7, 11) is 0. The molecule has 2 aromatic rings. The van der Waals surface area contributed by atoms with Gasteiger partial charge in [-0.05, 0) is 51.5 Å². The molecule has 0 spiro atoms. The molecule has 6 heteroatoms. The number of fused-ring (bicyclic) bond motifs is 1. The van der Waals surface area contributed by atoms with Crippen LogP contribution in [0.4, 0.5) is 11.4 Å². The van der Waals surface area contributed by atoms with E-state index < -0.39 is 24.0 Å². The van der Waals surface area contributed by atoms with Crippen LogP contribution in [0.3, 0.4) is 0 Å². The van der Waals surface area contributed by atoms with Crippen LogP contribution in [0.1, 0.15) is 35.3 Å². The van der Waals surface area contributed by atoms with Crippen LogP contribution in [-0.2, 0) is 14.3 Å². The molecule has 0 saturated heterocycles. The minimum absolute atomic E-state index is 0.296. The minimum Gasteiger partial charge on any atom is -0.452 e. The number of para-hydroxylation sites is 2. The van der Waals surface area contributed by atoms with Crippen molar-refractivity contribution >= 4 is 29.2 Å². The first-order chi connectivity index (χ1) is 12.7. The van der Waals surface area contributed by atoms with Crippen LogP contribution in [0, 0.1) is 13.8 Å². The molecule has 1 N–H and O–H groups in total. The summed E-state index contributed by atoms with van der Waals surface area (Å²) in [6.07, 6.45) is 0. The molecule has 140 valence electrons. The third-order valence-electron chi connectivity index (χ3n) is 4.69. The molecule has 2 amide bonds. The molecule has 0 fully saturated rings. The van der Waals surface area contributed by atoms with Gasteiger partial charge in [-0.1, -0.05) is 29.8 Å². The van der Waals surface area contributed by atoms with E-state index in [9.17, 15) is 14.4 Å². The number of aryl methyl sites for hydroxylation is 2. The Kier molecular flexibility index (Phi) is 4.74. The second-order valence-electron chi connectivity index (χ2n) is 7.15. The van der Waals surface area contributed by atoms with E-state index in [0.29, 0.717) is 16.9 Å². The fourth-order valence-corrected chi connectivity index (χ4v) is 3.21. The highest BCUT2D eigenvalue weighted by Gasteiger charge is 2.43. The maximum Gasteiger partial charge on any atom is 0.338 e. The van der Waals surface area contributed by atoms with Gasteiger partial charge in [-0.3, -0.25) is 14.5 Å². The Morgan fingerprint density at radius 2 is 1.81 bits per heavy atom. The topological polar surface area (TPSA) is 75.7 Å². The summed E-state index contributed by atoms with van der Waals surface area (Å²) in [5.74, 6) is -1.32. The fraction of sp³-hybridized carbons (Fsp3) is 0.286. The van der Waals surface area contributed by atoms with E-state index in [1.807, 2.05) is 26.0 Å². The van der Waals surface area contributed by atoms with Crippen LogP contribution < -0.4 is 10.2 Å². The SMILES string of the molecule is Cc1ccc(C(=O)OCC(=O)N2c3ccccc3NC(=O)C2(C)C)c(C)c1. The first-order valence-electron chi connectivity index (χ1n) is 8.69. The lowest BCUT2D eigenvalue weighted by atomic mass is 9.96. The first-order valence-corrected chi connectivity index (χ1v) is 8.69. The zero-order valence-corrected chi connectivity index (χ0v) is 15.8. The smallest absolute Gasteiger partial charge is 0.338 e. The van der Waals surface area contributed by atoms with Gasteiger partial charge in [0.1, 0.15) is 5.54 Å². The van der Waals surface area contributed by atoms with Crippen LogP contribution in [0.2, 0.25) is 0 Å². The number of carbonyl (C=O) groups is 3. The molecule has 1 aliphatic rings. The number of hydrogen-bond donors (Lipinski definition) is 1. The Balaban J connectivity index is 1.81. The summed E-state index contributed by atoms with van der Waals surface area (Å²) in [6.45, 7) is 6.62. The zero-order valence-electron chi connectivity index (χ0n) is 15.8. The van der Waals surface area contributed by atoms with Crippen molar-refractivity contribution in [3.05, 3.63) is 59.2 Å². The molecule has 27 heavy (non-hydrogen) atoms. The van der Waals surface area contributed by atoms with Crippen molar-refractivity contribution in [1.82, 2.24) is 0 Å². The molecule has 3 rings (SSSR count). The van der Waals surface area contributed by atoms with Crippen molar-refractivity contribution in [2.24, 2.45) is 0 Å². The quantitative estimate of drug-likeness (QED) is 0.847. The molecular weight excluding hydrogens is 344 g/mol. The average molecular weight is 366 g/mol. The molecular formula is C21H22N2O4. The van der Waals surface area contributed by atoms with Gasteiger partial charge in [0.05, 0.1) is 16.9 Å². The Labute approximate surface area is 158 Å². The lowest BCUT2D eigenvalue weighted by molar-refractivity contribution is -0.128. The normalized spacial score (nSPS) is 15.0. The van der Waals surface area contributed by atoms with E-state index in [4.69, 9.17) is 4.74 Å². The number of carbonyl (C=O) groups excluding carboxylic acids is 3. The van der Waals surface area contributed by atoms with Crippen LogP contribution in [0.25, 0.3) is 0 Å². The largest absolute Gasteiger partial charge is 0.452 e. The van der Waals surface area contributed by atoms with Gasteiger partial charge in [0.2, 0.25) is 5.91 Å². The summed E-state index contributed by atoms with van der Waals surface area (Å²) in [4.78, 5) is 39.0. The van der Waals surface area contributed by atoms with Crippen molar-refractivity contribution in [2.75, 3.05) is 16.8 Å². The molecule has 0 aromatic heterocycles. The number of ether oxygens (including phenoxy) is 1. The highest BCUT2D eigenvalue weighted by molar-refractivity contribution is 6.14. The number of nitrogens with one attached hydrogen (secondary N) is 1. The van der Waals surface area contributed by atoms with Gasteiger partial charge >= 0.3 is 5.97 Å². The van der Waals surface area contributed by atoms with E-state index in [1.54, 1.807) is 44.2 Å². The predicted molar refractivity (Wildman–Crippen MR) is 103 cm³/mol. The number of amides is 2. The second kappa shape index (κ2) is 6.87. The van der Waals surface area contributed by atoms with Gasteiger partial charge in [-0.2, -0.15) is 0 Å². The fourth-order valence-electron chi connectivity index (χ4n) is 3.21. The highest BCUT2D eigenvalue weighted by Crippen LogP contribution is 2.36. The second-order valence-corrected chi connectivity index (χ2v) is 7.15. The maximum atomic E-state index is 12.9. The van der Waals surface area contributed by atoms with Crippen LogP contribution >= 0.6 is 0 Å². The number of rotatable bonds is 3. The van der Waals surface area contributed by atoms with Crippen LogP contribution in [0.5, 0.6) is 0 Å². The molecule has 0 aliphatic carbocycles. The summed E-state index contributed by atoms with van der Waals surface area (Å²) in [5.41, 5.74) is 2.28. The van der Waals surface area contributed by atoms with Gasteiger partial charge in [0.25, 0.3) is 5.91 Å². The molecule has 0 saturated carbocycles. The van der Waals surface area contributed by atoms with Gasteiger partial charge in [-0.15, -0.1) is 0 Å². The van der Waals surface area contributed by atoms with Gasteiger partial charge in [0, 0.05) is 0 Å². The number of nitrogens with zero attached hydrogens (tertiary/aromatic N) is 1. The Morgan fingerprint density at radius 1 is 1.11 bits per heavy atom. The third kappa shape index (κ3) is 3.43. The third-order valence-corrected chi connectivity index (χ3v) is 4.69. The number of anilines is 2. The monoisotopic (exact) mass is 366 g/mol. The van der Waals surface area contributed by atoms with Crippen molar-refractivity contribution in [3.8, 4) is 0 Å². The Bertz CT molecular complexity index is 934. The average Bonchev–Trinajstić information content (AvgIpc) is 2.60. The lowest BCUT2D eigenvalue weighted by Crippen LogP contribution is -2.59. The molecule has 0 atom stereocenters. The Morgan fingerprint density at radius 3 is 2.52 bits per heavy atom. The Hall–Kier alpha value is -3.15. The number of esters is 1. The van der Waals surface area contributed by atoms with E-state index in [0.717, 1.165) is 11.1 Å². The van der Waals surface area contributed by atoms with Crippen LogP contribution in [-0.4, -0.2) is 29.9 Å². The van der Waals surface area contributed by atoms with Crippen molar-refractivity contribution in [2.45, 2.75) is 33.2 Å². The summed E-state index contributed by atoms with van der Waals surface area (Å²) in [5, 5.41) is 2.80. The van der Waals surface area contributed by atoms with E-state index in [1.165, 1.54) is 4.90 Å². The van der Waals surface area contributed by atoms with Crippen LogP contribution in [0.15, 0.2) is 42.5 Å². The van der Waals surface area contributed by atoms with Crippen molar-refractivity contribution < 1.29 is 19.1 Å².